The minimum Gasteiger partial charge on any atom is -0.489 e. The number of halogens is 2. The molecule has 0 fully saturated rings. The van der Waals surface area contributed by atoms with E-state index in [2.05, 4.69) is 15.6 Å². The molecule has 0 unspecified atom stereocenters. The molecule has 0 aromatic heterocycles. The van der Waals surface area contributed by atoms with Gasteiger partial charge in [-0.15, -0.1) is 0 Å². The van der Waals surface area contributed by atoms with Crippen molar-refractivity contribution in [3.8, 4) is 5.75 Å². The van der Waals surface area contributed by atoms with Gasteiger partial charge >= 0.3 is 0 Å². The predicted octanol–water partition coefficient (Wildman–Crippen LogP) is 1.28. The topological polar surface area (TPSA) is 45.6 Å². The van der Waals surface area contributed by atoms with Gasteiger partial charge in [-0.1, -0.05) is 0 Å². The van der Waals surface area contributed by atoms with Crippen LogP contribution >= 0.6 is 0 Å². The number of hydrogen-bond donors (Lipinski definition) is 2. The molecule has 0 spiro atoms. The van der Waals surface area contributed by atoms with Gasteiger partial charge in [-0.3, -0.25) is 4.99 Å². The van der Waals surface area contributed by atoms with E-state index in [9.17, 15) is 8.78 Å². The smallest absolute Gasteiger partial charge is 0.191 e. The Morgan fingerprint density at radius 1 is 1.39 bits per heavy atom. The van der Waals surface area contributed by atoms with E-state index in [0.717, 1.165) is 31.5 Å². The summed E-state index contributed by atoms with van der Waals surface area (Å²) in [5.41, 5.74) is 0. The van der Waals surface area contributed by atoms with E-state index < -0.39 is 11.6 Å². The second kappa shape index (κ2) is 6.18. The Kier molecular flexibility index (Phi) is 4.33. The highest BCUT2D eigenvalue weighted by Crippen LogP contribution is 2.17. The third-order valence-electron chi connectivity index (χ3n) is 2.44. The fourth-order valence-corrected chi connectivity index (χ4v) is 1.57. The molecule has 1 aliphatic heterocycles. The second-order valence-electron chi connectivity index (χ2n) is 3.86. The van der Waals surface area contributed by atoms with E-state index in [0.29, 0.717) is 6.54 Å². The number of nitrogens with zero attached hydrogens (tertiary/aromatic N) is 1. The van der Waals surface area contributed by atoms with E-state index in [1.807, 2.05) is 0 Å². The highest BCUT2D eigenvalue weighted by molar-refractivity contribution is 5.80. The van der Waals surface area contributed by atoms with Crippen molar-refractivity contribution >= 4 is 5.96 Å². The van der Waals surface area contributed by atoms with Crippen LogP contribution in [-0.4, -0.2) is 32.2 Å². The minimum atomic E-state index is -0.692. The molecule has 98 valence electrons. The SMILES string of the molecule is Fc1ccc(OCCNC2=NCCCN2)c(F)c1. The van der Waals surface area contributed by atoms with Crippen molar-refractivity contribution < 1.29 is 13.5 Å². The van der Waals surface area contributed by atoms with Crippen molar-refractivity contribution in [2.75, 3.05) is 26.2 Å². The lowest BCUT2D eigenvalue weighted by atomic mass is 10.3. The van der Waals surface area contributed by atoms with E-state index in [4.69, 9.17) is 4.74 Å². The average molecular weight is 255 g/mol. The summed E-state index contributed by atoms with van der Waals surface area (Å²) in [6.07, 6.45) is 1.03. The maximum Gasteiger partial charge on any atom is 0.191 e. The summed E-state index contributed by atoms with van der Waals surface area (Å²) in [4.78, 5) is 4.22. The molecule has 18 heavy (non-hydrogen) atoms. The Labute approximate surface area is 104 Å². The lowest BCUT2D eigenvalue weighted by molar-refractivity contribution is 0.304. The first-order valence-corrected chi connectivity index (χ1v) is 5.86. The number of guanidine groups is 1. The van der Waals surface area contributed by atoms with Crippen LogP contribution in [0.3, 0.4) is 0 Å². The molecular formula is C12H15F2N3O. The first-order chi connectivity index (χ1) is 8.75. The van der Waals surface area contributed by atoms with Gasteiger partial charge in [-0.2, -0.15) is 0 Å². The van der Waals surface area contributed by atoms with Crippen LogP contribution in [-0.2, 0) is 0 Å². The molecule has 2 rings (SSSR count). The molecular weight excluding hydrogens is 240 g/mol. The van der Waals surface area contributed by atoms with Crippen molar-refractivity contribution in [1.82, 2.24) is 10.6 Å². The van der Waals surface area contributed by atoms with Gasteiger partial charge in [0, 0.05) is 19.2 Å². The molecule has 1 aromatic carbocycles. The van der Waals surface area contributed by atoms with Gasteiger partial charge in [0.05, 0.1) is 6.54 Å². The predicted molar refractivity (Wildman–Crippen MR) is 64.8 cm³/mol. The molecule has 0 saturated carbocycles. The molecule has 1 aliphatic rings. The molecule has 1 heterocycles. The summed E-state index contributed by atoms with van der Waals surface area (Å²) in [5, 5.41) is 6.14. The average Bonchev–Trinajstić information content (AvgIpc) is 2.38. The summed E-state index contributed by atoms with van der Waals surface area (Å²) < 4.78 is 31.1. The van der Waals surface area contributed by atoms with Crippen molar-refractivity contribution in [2.24, 2.45) is 4.99 Å². The van der Waals surface area contributed by atoms with Crippen LogP contribution < -0.4 is 15.4 Å². The molecule has 4 nitrogen and oxygen atoms in total. The Hall–Kier alpha value is -1.85. The van der Waals surface area contributed by atoms with Crippen LogP contribution in [0.4, 0.5) is 8.78 Å². The zero-order chi connectivity index (χ0) is 12.8. The Balaban J connectivity index is 1.73. The Bertz CT molecular complexity index is 437. The maximum atomic E-state index is 13.2. The molecule has 0 atom stereocenters. The van der Waals surface area contributed by atoms with Crippen molar-refractivity contribution in [3.05, 3.63) is 29.8 Å². The number of nitrogens with one attached hydrogen (secondary N) is 2. The van der Waals surface area contributed by atoms with Crippen molar-refractivity contribution in [3.63, 3.8) is 0 Å². The quantitative estimate of drug-likeness (QED) is 0.797. The fourth-order valence-electron chi connectivity index (χ4n) is 1.57. The van der Waals surface area contributed by atoms with Crippen molar-refractivity contribution in [2.45, 2.75) is 6.42 Å². The molecule has 0 bridgehead atoms. The van der Waals surface area contributed by atoms with Gasteiger partial charge in [0.25, 0.3) is 0 Å². The number of benzene rings is 1. The van der Waals surface area contributed by atoms with Crippen LogP contribution in [0.25, 0.3) is 0 Å². The summed E-state index contributed by atoms with van der Waals surface area (Å²) in [6, 6.07) is 3.25. The second-order valence-corrected chi connectivity index (χ2v) is 3.86. The third kappa shape index (κ3) is 3.58. The molecule has 0 amide bonds. The molecule has 0 aliphatic carbocycles. The lowest BCUT2D eigenvalue weighted by Crippen LogP contribution is -2.42. The normalized spacial score (nSPS) is 14.7. The van der Waals surface area contributed by atoms with Gasteiger partial charge < -0.3 is 15.4 Å². The van der Waals surface area contributed by atoms with E-state index in [1.54, 1.807) is 0 Å². The summed E-state index contributed by atoms with van der Waals surface area (Å²) in [5.74, 6) is -0.511. The van der Waals surface area contributed by atoms with Crippen LogP contribution in [0.1, 0.15) is 6.42 Å². The zero-order valence-corrected chi connectivity index (χ0v) is 9.88. The first-order valence-electron chi connectivity index (χ1n) is 5.86. The Morgan fingerprint density at radius 2 is 2.28 bits per heavy atom. The van der Waals surface area contributed by atoms with Crippen LogP contribution in [0.2, 0.25) is 0 Å². The van der Waals surface area contributed by atoms with Gasteiger partial charge in [0.1, 0.15) is 12.4 Å². The molecule has 0 saturated heterocycles. The van der Waals surface area contributed by atoms with Gasteiger partial charge in [0.2, 0.25) is 0 Å². The number of aliphatic imine (C=N–C) groups is 1. The number of ether oxygens (including phenoxy) is 1. The lowest BCUT2D eigenvalue weighted by Gasteiger charge is -2.16. The third-order valence-corrected chi connectivity index (χ3v) is 2.44. The number of rotatable bonds is 4. The van der Waals surface area contributed by atoms with Gasteiger partial charge in [0.15, 0.2) is 17.5 Å². The van der Waals surface area contributed by atoms with Crippen LogP contribution in [0, 0.1) is 11.6 Å². The molecule has 1 aromatic rings. The van der Waals surface area contributed by atoms with Crippen LogP contribution in [0.15, 0.2) is 23.2 Å². The molecule has 2 N–H and O–H groups in total. The maximum absolute atomic E-state index is 13.2. The monoisotopic (exact) mass is 255 g/mol. The van der Waals surface area contributed by atoms with Gasteiger partial charge in [-0.05, 0) is 18.6 Å². The van der Waals surface area contributed by atoms with E-state index >= 15 is 0 Å². The largest absolute Gasteiger partial charge is 0.489 e. The highest BCUT2D eigenvalue weighted by atomic mass is 19.1. The number of hydrogen-bond acceptors (Lipinski definition) is 4. The van der Waals surface area contributed by atoms with E-state index in [-0.39, 0.29) is 12.4 Å². The van der Waals surface area contributed by atoms with Gasteiger partial charge in [-0.25, -0.2) is 8.78 Å². The van der Waals surface area contributed by atoms with Crippen LogP contribution in [0.5, 0.6) is 5.75 Å². The summed E-state index contributed by atoms with van der Waals surface area (Å²) >= 11 is 0. The van der Waals surface area contributed by atoms with E-state index in [1.165, 1.54) is 12.1 Å². The van der Waals surface area contributed by atoms with Crippen molar-refractivity contribution in [1.29, 1.82) is 0 Å². The molecule has 6 heteroatoms. The zero-order valence-electron chi connectivity index (χ0n) is 9.88. The first kappa shape index (κ1) is 12.6. The Morgan fingerprint density at radius 3 is 3.00 bits per heavy atom. The molecule has 0 radical (unpaired) electrons. The standard InChI is InChI=1S/C12H15F2N3O/c13-9-2-3-11(10(14)8-9)18-7-6-17-12-15-4-1-5-16-12/h2-3,8H,1,4-7H2,(H2,15,16,17). The minimum absolute atomic E-state index is 0.0525. The summed E-state index contributed by atoms with van der Waals surface area (Å²) in [6.45, 7) is 2.49. The fraction of sp³-hybridized carbons (Fsp3) is 0.417. The highest BCUT2D eigenvalue weighted by Gasteiger charge is 2.05. The summed E-state index contributed by atoms with van der Waals surface area (Å²) in [7, 11) is 0.